The fourth-order valence-electron chi connectivity index (χ4n) is 2.24. The summed E-state index contributed by atoms with van der Waals surface area (Å²) < 4.78 is 0.937. The van der Waals surface area contributed by atoms with Crippen LogP contribution in [0.1, 0.15) is 16.7 Å². The summed E-state index contributed by atoms with van der Waals surface area (Å²) in [5.74, 6) is -1.26. The van der Waals surface area contributed by atoms with Gasteiger partial charge in [0, 0.05) is 4.47 Å². The molecule has 0 amide bonds. The van der Waals surface area contributed by atoms with Crippen LogP contribution in [0.4, 0.5) is 0 Å². The Morgan fingerprint density at radius 3 is 2.19 bits per heavy atom. The molecule has 21 heavy (non-hydrogen) atoms. The summed E-state index contributed by atoms with van der Waals surface area (Å²) in [6.45, 7) is -0.000396. The van der Waals surface area contributed by atoms with Crippen molar-refractivity contribution in [2.45, 2.75) is 19.4 Å². The van der Waals surface area contributed by atoms with Gasteiger partial charge in [-0.1, -0.05) is 58.4 Å². The number of carboxylic acids is 1. The third-order valence-corrected chi connectivity index (χ3v) is 4.23. The van der Waals surface area contributed by atoms with Crippen molar-refractivity contribution in [1.29, 1.82) is 0 Å². The van der Waals surface area contributed by atoms with Crippen molar-refractivity contribution in [3.05, 3.63) is 69.7 Å². The van der Waals surface area contributed by atoms with E-state index in [1.807, 2.05) is 48.5 Å². The van der Waals surface area contributed by atoms with Crippen LogP contribution < -0.4 is 0 Å². The first-order chi connectivity index (χ1) is 10.1. The first-order valence-corrected chi connectivity index (χ1v) is 7.54. The second-order valence-corrected chi connectivity index (χ2v) is 5.86. The van der Waals surface area contributed by atoms with E-state index in [1.54, 1.807) is 0 Å². The van der Waals surface area contributed by atoms with E-state index < -0.39 is 11.9 Å². The van der Waals surface area contributed by atoms with Crippen LogP contribution in [0.15, 0.2) is 53.0 Å². The van der Waals surface area contributed by atoms with Crippen molar-refractivity contribution in [3.63, 3.8) is 0 Å². The predicted octanol–water partition coefficient (Wildman–Crippen LogP) is 3.43. The molecule has 0 spiro atoms. The van der Waals surface area contributed by atoms with Gasteiger partial charge in [0.05, 0.1) is 12.5 Å². The van der Waals surface area contributed by atoms with Gasteiger partial charge in [0.15, 0.2) is 0 Å². The Balaban J connectivity index is 2.12. The lowest BCUT2D eigenvalue weighted by atomic mass is 9.92. The first-order valence-electron chi connectivity index (χ1n) is 6.75. The van der Waals surface area contributed by atoms with Gasteiger partial charge >= 0.3 is 5.97 Å². The zero-order valence-electron chi connectivity index (χ0n) is 11.5. The van der Waals surface area contributed by atoms with Crippen LogP contribution >= 0.6 is 15.9 Å². The number of benzene rings is 2. The molecular formula is C17H17BrO3. The molecule has 0 bridgehead atoms. The number of aliphatic hydroxyl groups excluding tert-OH is 1. The van der Waals surface area contributed by atoms with Crippen LogP contribution in [0.5, 0.6) is 0 Å². The lowest BCUT2D eigenvalue weighted by Crippen LogP contribution is -2.19. The number of aliphatic carboxylic acids is 1. The zero-order chi connectivity index (χ0) is 15.2. The Morgan fingerprint density at radius 2 is 1.62 bits per heavy atom. The van der Waals surface area contributed by atoms with E-state index in [-0.39, 0.29) is 6.61 Å². The van der Waals surface area contributed by atoms with Gasteiger partial charge in [0.25, 0.3) is 0 Å². The fraction of sp³-hybridized carbons (Fsp3) is 0.235. The SMILES string of the molecule is O=C(O)C(Cc1ccc(CO)cc1)Cc1ccccc1Br. The van der Waals surface area contributed by atoms with Gasteiger partial charge in [-0.05, 0) is 35.6 Å². The van der Waals surface area contributed by atoms with Crippen molar-refractivity contribution < 1.29 is 15.0 Å². The van der Waals surface area contributed by atoms with E-state index >= 15 is 0 Å². The molecule has 0 saturated carbocycles. The van der Waals surface area contributed by atoms with Crippen LogP contribution in [-0.2, 0) is 24.2 Å². The Kier molecular flexibility index (Phi) is 5.53. The normalized spacial score (nSPS) is 12.1. The van der Waals surface area contributed by atoms with Crippen molar-refractivity contribution >= 4 is 21.9 Å². The molecule has 3 nitrogen and oxygen atoms in total. The molecule has 0 saturated heterocycles. The molecule has 1 unspecified atom stereocenters. The van der Waals surface area contributed by atoms with Gasteiger partial charge in [-0.15, -0.1) is 0 Å². The quantitative estimate of drug-likeness (QED) is 0.840. The monoisotopic (exact) mass is 348 g/mol. The van der Waals surface area contributed by atoms with E-state index in [0.29, 0.717) is 12.8 Å². The molecular weight excluding hydrogens is 332 g/mol. The highest BCUT2D eigenvalue weighted by Crippen LogP contribution is 2.22. The predicted molar refractivity (Wildman–Crippen MR) is 85.0 cm³/mol. The molecule has 1 atom stereocenters. The summed E-state index contributed by atoms with van der Waals surface area (Å²) >= 11 is 3.46. The van der Waals surface area contributed by atoms with E-state index in [9.17, 15) is 9.90 Å². The number of carboxylic acid groups (broad SMARTS) is 1. The Morgan fingerprint density at radius 1 is 1.00 bits per heavy atom. The van der Waals surface area contributed by atoms with Crippen LogP contribution in [-0.4, -0.2) is 16.2 Å². The van der Waals surface area contributed by atoms with Crippen molar-refractivity contribution in [1.82, 2.24) is 0 Å². The second-order valence-electron chi connectivity index (χ2n) is 5.01. The van der Waals surface area contributed by atoms with Gasteiger partial charge in [0.1, 0.15) is 0 Å². The molecule has 4 heteroatoms. The molecule has 2 aromatic carbocycles. The number of halogens is 1. The van der Waals surface area contributed by atoms with Gasteiger partial charge < -0.3 is 10.2 Å². The topological polar surface area (TPSA) is 57.5 Å². The van der Waals surface area contributed by atoms with Crippen LogP contribution in [0, 0.1) is 5.92 Å². The number of rotatable bonds is 6. The van der Waals surface area contributed by atoms with E-state index in [4.69, 9.17) is 5.11 Å². The molecule has 0 aliphatic rings. The van der Waals surface area contributed by atoms with Crippen LogP contribution in [0.25, 0.3) is 0 Å². The summed E-state index contributed by atoms with van der Waals surface area (Å²) in [6, 6.07) is 15.1. The maximum atomic E-state index is 11.5. The Bertz CT molecular complexity index is 608. The van der Waals surface area contributed by atoms with Gasteiger partial charge in [-0.3, -0.25) is 4.79 Å². The third kappa shape index (κ3) is 4.41. The van der Waals surface area contributed by atoms with E-state index in [0.717, 1.165) is 21.2 Å². The molecule has 110 valence electrons. The van der Waals surface area contributed by atoms with Crippen LogP contribution in [0.3, 0.4) is 0 Å². The smallest absolute Gasteiger partial charge is 0.307 e. The lowest BCUT2D eigenvalue weighted by molar-refractivity contribution is -0.141. The Labute approximate surface area is 132 Å². The number of aliphatic hydroxyl groups is 1. The third-order valence-electron chi connectivity index (χ3n) is 3.46. The van der Waals surface area contributed by atoms with Crippen molar-refractivity contribution in [3.8, 4) is 0 Å². The van der Waals surface area contributed by atoms with Crippen molar-refractivity contribution in [2.75, 3.05) is 0 Å². The molecule has 2 N–H and O–H groups in total. The largest absolute Gasteiger partial charge is 0.481 e. The van der Waals surface area contributed by atoms with E-state index in [1.165, 1.54) is 0 Å². The fourth-order valence-corrected chi connectivity index (χ4v) is 2.69. The standard InChI is InChI=1S/C17H17BrO3/c18-16-4-2-1-3-14(16)10-15(17(20)21)9-12-5-7-13(11-19)8-6-12/h1-8,15,19H,9-11H2,(H,20,21). The van der Waals surface area contributed by atoms with Crippen molar-refractivity contribution in [2.24, 2.45) is 5.92 Å². The molecule has 0 radical (unpaired) electrons. The summed E-state index contributed by atoms with van der Waals surface area (Å²) in [5.41, 5.74) is 2.79. The minimum atomic E-state index is -0.794. The highest BCUT2D eigenvalue weighted by molar-refractivity contribution is 9.10. The molecule has 0 heterocycles. The zero-order valence-corrected chi connectivity index (χ0v) is 13.1. The molecule has 2 aromatic rings. The van der Waals surface area contributed by atoms with Gasteiger partial charge in [-0.25, -0.2) is 0 Å². The van der Waals surface area contributed by atoms with Gasteiger partial charge in [0.2, 0.25) is 0 Å². The minimum absolute atomic E-state index is 0.000396. The first kappa shape index (κ1) is 15.7. The molecule has 0 fully saturated rings. The molecule has 0 aliphatic heterocycles. The highest BCUT2D eigenvalue weighted by atomic mass is 79.9. The molecule has 2 rings (SSSR count). The number of hydrogen-bond donors (Lipinski definition) is 2. The number of hydrogen-bond acceptors (Lipinski definition) is 2. The summed E-state index contributed by atoms with van der Waals surface area (Å²) in [6.07, 6.45) is 0.959. The average Bonchev–Trinajstić information content (AvgIpc) is 2.49. The summed E-state index contributed by atoms with van der Waals surface area (Å²) in [4.78, 5) is 11.5. The lowest BCUT2D eigenvalue weighted by Gasteiger charge is -2.14. The molecule has 0 aromatic heterocycles. The second kappa shape index (κ2) is 7.38. The summed E-state index contributed by atoms with van der Waals surface area (Å²) in [7, 11) is 0. The maximum Gasteiger partial charge on any atom is 0.307 e. The van der Waals surface area contributed by atoms with Crippen LogP contribution in [0.2, 0.25) is 0 Å². The molecule has 0 aliphatic carbocycles. The van der Waals surface area contributed by atoms with Gasteiger partial charge in [-0.2, -0.15) is 0 Å². The Hall–Kier alpha value is -1.65. The maximum absolute atomic E-state index is 11.5. The minimum Gasteiger partial charge on any atom is -0.481 e. The van der Waals surface area contributed by atoms with E-state index in [2.05, 4.69) is 15.9 Å². The summed E-state index contributed by atoms with van der Waals surface area (Å²) in [5, 5.41) is 18.5. The highest BCUT2D eigenvalue weighted by Gasteiger charge is 2.19. The number of carbonyl (C=O) groups is 1. The average molecular weight is 349 g/mol.